The number of anilines is 1. The van der Waals surface area contributed by atoms with Crippen LogP contribution in [0.1, 0.15) is 30.4 Å². The van der Waals surface area contributed by atoms with Crippen molar-refractivity contribution >= 4 is 11.7 Å². The summed E-state index contributed by atoms with van der Waals surface area (Å²) >= 11 is 0. The molecule has 2 aliphatic heterocycles. The Morgan fingerprint density at radius 1 is 1.10 bits per heavy atom. The monoisotopic (exact) mass is 396 g/mol. The van der Waals surface area contributed by atoms with Gasteiger partial charge in [-0.1, -0.05) is 30.3 Å². The minimum absolute atomic E-state index is 0.0279. The van der Waals surface area contributed by atoms with Crippen LogP contribution in [0.25, 0.3) is 0 Å². The van der Waals surface area contributed by atoms with Crippen molar-refractivity contribution in [2.24, 2.45) is 0 Å². The SMILES string of the molecule is O=C(NC[C@@H]1Cc2ccccc2O1)Nc1cccc(COC[C@H]2CCCCO2)c1. The molecule has 2 aromatic rings. The van der Waals surface area contributed by atoms with Gasteiger partial charge in [0.05, 0.1) is 25.9 Å². The molecule has 0 aromatic heterocycles. The van der Waals surface area contributed by atoms with Crippen LogP contribution in [-0.4, -0.2) is 38.0 Å². The van der Waals surface area contributed by atoms with Gasteiger partial charge in [0.25, 0.3) is 0 Å². The van der Waals surface area contributed by atoms with Gasteiger partial charge in [-0.3, -0.25) is 0 Å². The molecule has 0 radical (unpaired) electrons. The summed E-state index contributed by atoms with van der Waals surface area (Å²) in [6, 6.07) is 15.5. The van der Waals surface area contributed by atoms with Crippen molar-refractivity contribution in [1.82, 2.24) is 5.32 Å². The molecule has 0 bridgehead atoms. The number of ether oxygens (including phenoxy) is 3. The zero-order chi connectivity index (χ0) is 19.9. The lowest BCUT2D eigenvalue weighted by Crippen LogP contribution is -2.37. The van der Waals surface area contributed by atoms with Gasteiger partial charge in [0.1, 0.15) is 11.9 Å². The summed E-state index contributed by atoms with van der Waals surface area (Å²) in [7, 11) is 0. The van der Waals surface area contributed by atoms with Crippen LogP contribution in [0, 0.1) is 0 Å². The predicted molar refractivity (Wildman–Crippen MR) is 111 cm³/mol. The maximum Gasteiger partial charge on any atom is 0.319 e. The molecule has 2 amide bonds. The number of amides is 2. The fraction of sp³-hybridized carbons (Fsp3) is 0.435. The zero-order valence-electron chi connectivity index (χ0n) is 16.6. The van der Waals surface area contributed by atoms with Gasteiger partial charge in [-0.15, -0.1) is 0 Å². The Hall–Kier alpha value is -2.57. The van der Waals surface area contributed by atoms with Crippen molar-refractivity contribution < 1.29 is 19.0 Å². The number of nitrogens with one attached hydrogen (secondary N) is 2. The second-order valence-electron chi connectivity index (χ2n) is 7.59. The first kappa shape index (κ1) is 19.7. The van der Waals surface area contributed by atoms with E-state index in [4.69, 9.17) is 14.2 Å². The summed E-state index contributed by atoms with van der Waals surface area (Å²) in [5.74, 6) is 0.908. The van der Waals surface area contributed by atoms with Crippen molar-refractivity contribution in [3.63, 3.8) is 0 Å². The van der Waals surface area contributed by atoms with Crippen LogP contribution in [0.15, 0.2) is 48.5 Å². The van der Waals surface area contributed by atoms with Crippen LogP contribution >= 0.6 is 0 Å². The van der Waals surface area contributed by atoms with E-state index in [1.165, 1.54) is 12.0 Å². The zero-order valence-corrected chi connectivity index (χ0v) is 16.6. The molecule has 0 unspecified atom stereocenters. The largest absolute Gasteiger partial charge is 0.488 e. The first-order chi connectivity index (χ1) is 14.3. The molecule has 29 heavy (non-hydrogen) atoms. The normalized spacial score (nSPS) is 20.6. The van der Waals surface area contributed by atoms with Crippen molar-refractivity contribution in [3.05, 3.63) is 59.7 Å². The third kappa shape index (κ3) is 5.71. The Balaban J connectivity index is 1.19. The average Bonchev–Trinajstić information content (AvgIpc) is 3.16. The Morgan fingerprint density at radius 2 is 2.03 bits per heavy atom. The highest BCUT2D eigenvalue weighted by Crippen LogP contribution is 2.27. The minimum atomic E-state index is -0.238. The summed E-state index contributed by atoms with van der Waals surface area (Å²) < 4.78 is 17.3. The van der Waals surface area contributed by atoms with E-state index in [0.29, 0.717) is 19.8 Å². The lowest BCUT2D eigenvalue weighted by Gasteiger charge is -2.22. The molecule has 0 saturated carbocycles. The number of hydrogen-bond donors (Lipinski definition) is 2. The highest BCUT2D eigenvalue weighted by Gasteiger charge is 2.22. The molecular formula is C23H28N2O4. The highest BCUT2D eigenvalue weighted by molar-refractivity contribution is 5.89. The van der Waals surface area contributed by atoms with Gasteiger partial charge < -0.3 is 24.8 Å². The van der Waals surface area contributed by atoms with Crippen LogP contribution in [0.4, 0.5) is 10.5 Å². The van der Waals surface area contributed by atoms with E-state index in [2.05, 4.69) is 16.7 Å². The fourth-order valence-electron chi connectivity index (χ4n) is 3.74. The van der Waals surface area contributed by atoms with Gasteiger partial charge in [-0.2, -0.15) is 0 Å². The summed E-state index contributed by atoms with van der Waals surface area (Å²) in [6.07, 6.45) is 4.41. The molecule has 2 heterocycles. The van der Waals surface area contributed by atoms with E-state index in [1.54, 1.807) is 0 Å². The standard InChI is InChI=1S/C23H28N2O4/c26-23(24-14-21-13-18-7-1-2-10-22(18)29-21)25-19-8-5-6-17(12-19)15-27-16-20-9-3-4-11-28-20/h1-2,5-8,10,12,20-21H,3-4,9,11,13-16H2,(H2,24,25,26)/t20-,21+/m1/s1. The summed E-state index contributed by atoms with van der Waals surface area (Å²) in [4.78, 5) is 12.2. The topological polar surface area (TPSA) is 68.8 Å². The molecule has 2 aromatic carbocycles. The lowest BCUT2D eigenvalue weighted by atomic mass is 10.1. The van der Waals surface area contributed by atoms with Crippen molar-refractivity contribution in [2.75, 3.05) is 25.1 Å². The predicted octanol–water partition coefficient (Wildman–Crippen LogP) is 3.90. The lowest BCUT2D eigenvalue weighted by molar-refractivity contribution is -0.0447. The van der Waals surface area contributed by atoms with Gasteiger partial charge in [-0.25, -0.2) is 4.79 Å². The summed E-state index contributed by atoms with van der Waals surface area (Å²) in [5.41, 5.74) is 2.95. The van der Waals surface area contributed by atoms with E-state index in [9.17, 15) is 4.79 Å². The van der Waals surface area contributed by atoms with Crippen molar-refractivity contribution in [2.45, 2.75) is 44.5 Å². The van der Waals surface area contributed by atoms with Gasteiger partial charge in [0, 0.05) is 18.7 Å². The van der Waals surface area contributed by atoms with Crippen molar-refractivity contribution in [1.29, 1.82) is 0 Å². The molecule has 6 heteroatoms. The molecule has 1 saturated heterocycles. The Bertz CT molecular complexity index is 795. The van der Waals surface area contributed by atoms with Crippen LogP contribution < -0.4 is 15.4 Å². The highest BCUT2D eigenvalue weighted by atomic mass is 16.5. The van der Waals surface area contributed by atoms with Crippen LogP contribution in [0.2, 0.25) is 0 Å². The number of carbonyl (C=O) groups excluding carboxylic acids is 1. The number of para-hydroxylation sites is 1. The third-order valence-electron chi connectivity index (χ3n) is 5.24. The summed E-state index contributed by atoms with van der Waals surface area (Å²) in [6.45, 7) is 2.42. The molecule has 2 aliphatic rings. The molecule has 6 nitrogen and oxygen atoms in total. The average molecular weight is 396 g/mol. The Labute approximate surface area is 171 Å². The number of rotatable bonds is 7. The van der Waals surface area contributed by atoms with E-state index in [1.807, 2.05) is 42.5 Å². The molecule has 2 atom stereocenters. The molecule has 0 aliphatic carbocycles. The van der Waals surface area contributed by atoms with Crippen LogP contribution in [0.3, 0.4) is 0 Å². The van der Waals surface area contributed by atoms with Gasteiger partial charge in [0.15, 0.2) is 0 Å². The van der Waals surface area contributed by atoms with Crippen molar-refractivity contribution in [3.8, 4) is 5.75 Å². The number of urea groups is 1. The smallest absolute Gasteiger partial charge is 0.319 e. The molecule has 154 valence electrons. The maximum absolute atomic E-state index is 12.2. The Morgan fingerprint density at radius 3 is 2.90 bits per heavy atom. The Kier molecular flexibility index (Phi) is 6.64. The van der Waals surface area contributed by atoms with Gasteiger partial charge >= 0.3 is 6.03 Å². The van der Waals surface area contributed by atoms with Gasteiger partial charge in [-0.05, 0) is 48.6 Å². The molecule has 4 rings (SSSR count). The first-order valence-corrected chi connectivity index (χ1v) is 10.3. The number of carbonyl (C=O) groups is 1. The minimum Gasteiger partial charge on any atom is -0.488 e. The molecule has 1 fully saturated rings. The molecule has 0 spiro atoms. The van der Waals surface area contributed by atoms with E-state index in [0.717, 1.165) is 42.9 Å². The number of hydrogen-bond acceptors (Lipinski definition) is 4. The second kappa shape index (κ2) is 9.76. The maximum atomic E-state index is 12.2. The van der Waals surface area contributed by atoms with E-state index in [-0.39, 0.29) is 18.2 Å². The molecule has 2 N–H and O–H groups in total. The first-order valence-electron chi connectivity index (χ1n) is 10.3. The third-order valence-corrected chi connectivity index (χ3v) is 5.24. The van der Waals surface area contributed by atoms with Crippen LogP contribution in [-0.2, 0) is 22.5 Å². The fourth-order valence-corrected chi connectivity index (χ4v) is 3.74. The molecular weight excluding hydrogens is 368 g/mol. The number of benzene rings is 2. The second-order valence-corrected chi connectivity index (χ2v) is 7.59. The quantitative estimate of drug-likeness (QED) is 0.745. The van der Waals surface area contributed by atoms with E-state index < -0.39 is 0 Å². The van der Waals surface area contributed by atoms with E-state index >= 15 is 0 Å². The van der Waals surface area contributed by atoms with Crippen LogP contribution in [0.5, 0.6) is 5.75 Å². The van der Waals surface area contributed by atoms with Gasteiger partial charge in [0.2, 0.25) is 0 Å². The number of fused-ring (bicyclic) bond motifs is 1. The summed E-state index contributed by atoms with van der Waals surface area (Å²) in [5, 5.41) is 5.77.